The summed E-state index contributed by atoms with van der Waals surface area (Å²) in [5.41, 5.74) is 3.37. The summed E-state index contributed by atoms with van der Waals surface area (Å²) in [7, 11) is 0. The number of urea groups is 1. The largest absolute Gasteiger partial charge is 0.508 e. The van der Waals surface area contributed by atoms with Crippen LogP contribution in [-0.2, 0) is 13.2 Å². The van der Waals surface area contributed by atoms with E-state index in [2.05, 4.69) is 31.4 Å². The Labute approximate surface area is 325 Å². The molecule has 2 amide bonds. The summed E-state index contributed by atoms with van der Waals surface area (Å²) in [5, 5.41) is 83.0. The summed E-state index contributed by atoms with van der Waals surface area (Å²) < 4.78 is 1.71. The molecule has 8 rings (SSSR count). The number of nitrogens with one attached hydrogen (secondary N) is 3. The van der Waals surface area contributed by atoms with Crippen LogP contribution < -0.4 is 20.9 Å². The number of carbonyl (C=O) groups excluding carboxylic acids is 1. The second kappa shape index (κ2) is 15.9. The van der Waals surface area contributed by atoms with Crippen LogP contribution >= 0.6 is 0 Å². The fourth-order valence-corrected chi connectivity index (χ4v) is 7.55. The van der Waals surface area contributed by atoms with Crippen LogP contribution in [0.2, 0.25) is 0 Å². The Kier molecular flexibility index (Phi) is 10.4. The van der Waals surface area contributed by atoms with Crippen LogP contribution in [0.4, 0.5) is 16.6 Å². The lowest BCUT2D eigenvalue weighted by atomic mass is 9.91. The minimum absolute atomic E-state index is 0.0894. The van der Waals surface area contributed by atoms with Crippen molar-refractivity contribution in [2.45, 2.75) is 62.2 Å². The van der Waals surface area contributed by atoms with Crippen LogP contribution in [0, 0.1) is 0 Å². The van der Waals surface area contributed by atoms with Gasteiger partial charge in [0, 0.05) is 38.1 Å². The van der Waals surface area contributed by atoms with Gasteiger partial charge in [-0.1, -0.05) is 36.4 Å². The Morgan fingerprint density at radius 2 is 1.61 bits per heavy atom. The van der Waals surface area contributed by atoms with E-state index in [0.717, 1.165) is 16.7 Å². The highest BCUT2D eigenvalue weighted by Crippen LogP contribution is 2.40. The van der Waals surface area contributed by atoms with E-state index in [9.17, 15) is 35.4 Å². The Morgan fingerprint density at radius 1 is 0.895 bits per heavy atom. The number of benzene rings is 3. The quantitative estimate of drug-likeness (QED) is 0.0855. The van der Waals surface area contributed by atoms with Crippen molar-refractivity contribution in [3.63, 3.8) is 0 Å². The molecular weight excluding hydrogens is 736 g/mol. The lowest BCUT2D eigenvalue weighted by Crippen LogP contribution is -2.43. The number of aliphatic hydroxyl groups is 3. The van der Waals surface area contributed by atoms with Gasteiger partial charge in [0.2, 0.25) is 5.95 Å². The SMILES string of the molecule is O=C(NCc1cccc(O)c1)N[C@@H]1CCN(c2nc(NCC(c3ccc(O)cc3)c3ccc(O)cc3)c3ncn([C@@H]4C[C@H](n5nnc(CO)n5)[C@@H](O)[C@H]4O)c3n2)C1. The zero-order valence-electron chi connectivity index (χ0n) is 30.5. The average Bonchev–Trinajstić information content (AvgIpc) is 4.03. The molecule has 0 bridgehead atoms. The predicted molar refractivity (Wildman–Crippen MR) is 204 cm³/mol. The highest BCUT2D eigenvalue weighted by atomic mass is 16.3. The number of amides is 2. The first-order valence-corrected chi connectivity index (χ1v) is 18.5. The number of tetrazole rings is 1. The van der Waals surface area contributed by atoms with Crippen molar-refractivity contribution >= 4 is 29.0 Å². The Balaban J connectivity index is 1.08. The molecule has 6 aromatic rings. The van der Waals surface area contributed by atoms with Crippen molar-refractivity contribution in [2.75, 3.05) is 29.9 Å². The molecule has 0 spiro atoms. The van der Waals surface area contributed by atoms with Crippen molar-refractivity contribution in [1.82, 2.24) is 50.4 Å². The molecule has 296 valence electrons. The zero-order valence-corrected chi connectivity index (χ0v) is 30.5. The highest BCUT2D eigenvalue weighted by molar-refractivity contribution is 5.84. The number of nitrogens with zero attached hydrogens (tertiary/aromatic N) is 9. The first-order chi connectivity index (χ1) is 27.6. The maximum Gasteiger partial charge on any atom is 0.315 e. The lowest BCUT2D eigenvalue weighted by molar-refractivity contribution is 0.00469. The molecule has 5 atom stereocenters. The lowest BCUT2D eigenvalue weighted by Gasteiger charge is -2.22. The topological polar surface area (TPSA) is 265 Å². The highest BCUT2D eigenvalue weighted by Gasteiger charge is 2.45. The summed E-state index contributed by atoms with van der Waals surface area (Å²) >= 11 is 0. The van der Waals surface area contributed by atoms with Gasteiger partial charge in [0.1, 0.15) is 42.1 Å². The number of fused-ring (bicyclic) bond motifs is 1. The van der Waals surface area contributed by atoms with E-state index in [-0.39, 0.29) is 54.0 Å². The summed E-state index contributed by atoms with van der Waals surface area (Å²) in [4.78, 5) is 30.6. The van der Waals surface area contributed by atoms with E-state index in [1.165, 1.54) is 4.80 Å². The second-order valence-electron chi connectivity index (χ2n) is 14.3. The van der Waals surface area contributed by atoms with Crippen LogP contribution in [0.15, 0.2) is 79.1 Å². The van der Waals surface area contributed by atoms with Gasteiger partial charge in [-0.15, -0.1) is 10.2 Å². The molecule has 3 aromatic heterocycles. The van der Waals surface area contributed by atoms with Crippen LogP contribution in [0.25, 0.3) is 11.2 Å². The van der Waals surface area contributed by atoms with E-state index in [0.29, 0.717) is 49.0 Å². The van der Waals surface area contributed by atoms with E-state index in [1.807, 2.05) is 35.2 Å². The van der Waals surface area contributed by atoms with Crippen LogP contribution in [0.5, 0.6) is 17.2 Å². The molecule has 4 heterocycles. The van der Waals surface area contributed by atoms with Gasteiger partial charge < -0.3 is 56.1 Å². The Morgan fingerprint density at radius 3 is 2.30 bits per heavy atom. The standard InChI is InChI=1S/C38H42N12O7/c51-19-31-45-47-50(46-31)30-15-29(33(55)34(30)56)49-20-41-32-35(39-17-28(22-4-8-25(52)9-5-22)23-6-10-26(53)11-7-23)43-37(44-36(32)49)48-13-12-24(18-48)42-38(57)40-16-21-2-1-3-27(54)14-21/h1-11,14,20,24,28-30,33-34,51-56H,12-13,15-19H2,(H,39,43,44)(H2,40,42,57)/t24-,29-,30+,33+,34-/m1/s1. The number of anilines is 2. The Bertz CT molecular complexity index is 2290. The van der Waals surface area contributed by atoms with Crippen molar-refractivity contribution in [2.24, 2.45) is 0 Å². The normalized spacial score (nSPS) is 20.7. The molecule has 9 N–H and O–H groups in total. The third-order valence-electron chi connectivity index (χ3n) is 10.5. The minimum Gasteiger partial charge on any atom is -0.508 e. The van der Waals surface area contributed by atoms with Crippen molar-refractivity contribution < 1.29 is 35.4 Å². The number of aromatic nitrogens is 8. The van der Waals surface area contributed by atoms with Crippen LogP contribution in [0.3, 0.4) is 0 Å². The molecule has 1 aliphatic heterocycles. The van der Waals surface area contributed by atoms with E-state index < -0.39 is 30.9 Å². The van der Waals surface area contributed by atoms with E-state index in [1.54, 1.807) is 53.4 Å². The number of phenols is 3. The van der Waals surface area contributed by atoms with Gasteiger partial charge in [0.05, 0.1) is 12.4 Å². The monoisotopic (exact) mass is 778 g/mol. The summed E-state index contributed by atoms with van der Waals surface area (Å²) in [6.45, 7) is 1.07. The summed E-state index contributed by atoms with van der Waals surface area (Å²) in [5.74, 6) is 0.992. The number of imidazole rings is 1. The predicted octanol–water partition coefficient (Wildman–Crippen LogP) is 1.65. The molecule has 1 saturated carbocycles. The van der Waals surface area contributed by atoms with Gasteiger partial charge in [-0.05, 0) is 71.1 Å². The van der Waals surface area contributed by atoms with Gasteiger partial charge >= 0.3 is 6.03 Å². The fraction of sp³-hybridized carbons (Fsp3) is 0.342. The molecule has 19 heteroatoms. The molecule has 2 aliphatic rings. The number of hydrogen-bond acceptors (Lipinski definition) is 15. The number of phenolic OH excluding ortho intramolecular Hbond substituents is 3. The van der Waals surface area contributed by atoms with Crippen molar-refractivity contribution in [1.29, 1.82) is 0 Å². The Hall–Kier alpha value is -6.57. The molecule has 19 nitrogen and oxygen atoms in total. The van der Waals surface area contributed by atoms with Gasteiger partial charge in [0.25, 0.3) is 0 Å². The molecule has 0 radical (unpaired) electrons. The van der Waals surface area contributed by atoms with Gasteiger partial charge in [0.15, 0.2) is 22.8 Å². The number of aliphatic hydroxyl groups excluding tert-OH is 3. The van der Waals surface area contributed by atoms with Crippen molar-refractivity contribution in [3.05, 3.63) is 102 Å². The van der Waals surface area contributed by atoms with E-state index in [4.69, 9.17) is 15.0 Å². The maximum atomic E-state index is 12.9. The third kappa shape index (κ3) is 7.93. The van der Waals surface area contributed by atoms with Gasteiger partial charge in [-0.3, -0.25) is 0 Å². The fourth-order valence-electron chi connectivity index (χ4n) is 7.55. The summed E-state index contributed by atoms with van der Waals surface area (Å²) in [6, 6.07) is 18.4. The molecule has 57 heavy (non-hydrogen) atoms. The molecule has 1 saturated heterocycles. The number of rotatable bonds is 12. The molecule has 0 unspecified atom stereocenters. The first-order valence-electron chi connectivity index (χ1n) is 18.5. The molecule has 2 fully saturated rings. The number of carbonyl (C=O) groups is 1. The van der Waals surface area contributed by atoms with Crippen molar-refractivity contribution in [3.8, 4) is 17.2 Å². The molecule has 1 aliphatic carbocycles. The van der Waals surface area contributed by atoms with Gasteiger partial charge in [-0.25, -0.2) is 9.78 Å². The summed E-state index contributed by atoms with van der Waals surface area (Å²) in [6.07, 6.45) is -0.143. The zero-order chi connectivity index (χ0) is 39.6. The average molecular weight is 779 g/mol. The third-order valence-corrected chi connectivity index (χ3v) is 10.5. The first kappa shape index (κ1) is 37.4. The molecule has 3 aromatic carbocycles. The van der Waals surface area contributed by atoms with E-state index >= 15 is 0 Å². The number of aromatic hydroxyl groups is 3. The molecular formula is C38H42N12O7. The number of hydrogen-bond donors (Lipinski definition) is 9. The van der Waals surface area contributed by atoms with Gasteiger partial charge in [-0.2, -0.15) is 14.8 Å². The minimum atomic E-state index is -1.26. The smallest absolute Gasteiger partial charge is 0.315 e. The van der Waals surface area contributed by atoms with Crippen LogP contribution in [0.1, 0.15) is 53.4 Å². The van der Waals surface area contributed by atoms with Crippen LogP contribution in [-0.4, -0.2) is 114 Å². The maximum absolute atomic E-state index is 12.9. The second-order valence-corrected chi connectivity index (χ2v) is 14.3.